The zero-order valence-corrected chi connectivity index (χ0v) is 26.4. The van der Waals surface area contributed by atoms with E-state index >= 15 is 0 Å². The molecule has 0 spiro atoms. The van der Waals surface area contributed by atoms with Crippen molar-refractivity contribution in [2.24, 2.45) is 0 Å². The smallest absolute Gasteiger partial charge is 0.245 e. The van der Waals surface area contributed by atoms with Crippen molar-refractivity contribution >= 4 is 21.1 Å². The number of methoxy groups -OCH3 is 3. The standard InChI is InChI=1S/C31H31N5O7S2/c1-41-25-13-7-22(8-14-25)19-35(20-23-9-15-26(42-2)16-10-23)45(39,40)30-28(5-4-6-29(30)44(37)38)31-32-34-36(33-31)21-24-11-17-27(43-3)18-12-24/h4-18H,19-21H2,1-3H3,(H,37,38). The molecule has 0 radical (unpaired) electrons. The third-order valence-corrected chi connectivity index (χ3v) is 9.72. The molecular weight excluding hydrogens is 619 g/mol. The fraction of sp³-hybridized carbons (Fsp3) is 0.194. The van der Waals surface area contributed by atoms with Gasteiger partial charge in [-0.2, -0.15) is 9.10 Å². The molecule has 0 saturated heterocycles. The van der Waals surface area contributed by atoms with Gasteiger partial charge in [0.2, 0.25) is 15.8 Å². The van der Waals surface area contributed by atoms with Gasteiger partial charge in [0, 0.05) is 18.7 Å². The molecule has 1 aromatic heterocycles. The average molecular weight is 650 g/mol. The van der Waals surface area contributed by atoms with Crippen LogP contribution in [0.5, 0.6) is 17.2 Å². The molecule has 1 heterocycles. The first-order valence-electron chi connectivity index (χ1n) is 13.6. The van der Waals surface area contributed by atoms with E-state index in [-0.39, 0.29) is 40.8 Å². The molecule has 45 heavy (non-hydrogen) atoms. The molecule has 0 bridgehead atoms. The highest BCUT2D eigenvalue weighted by atomic mass is 32.2. The zero-order chi connectivity index (χ0) is 32.0. The average Bonchev–Trinajstić information content (AvgIpc) is 3.53. The highest BCUT2D eigenvalue weighted by Crippen LogP contribution is 2.34. The van der Waals surface area contributed by atoms with Crippen molar-refractivity contribution in [3.8, 4) is 28.6 Å². The van der Waals surface area contributed by atoms with Gasteiger partial charge in [0.25, 0.3) is 0 Å². The predicted molar refractivity (Wildman–Crippen MR) is 167 cm³/mol. The van der Waals surface area contributed by atoms with Crippen molar-refractivity contribution in [3.05, 3.63) is 108 Å². The third-order valence-electron chi connectivity index (χ3n) is 6.98. The van der Waals surface area contributed by atoms with Gasteiger partial charge in [-0.1, -0.05) is 42.5 Å². The Kier molecular flexibility index (Phi) is 9.88. The lowest BCUT2D eigenvalue weighted by Crippen LogP contribution is -2.31. The molecule has 5 aromatic rings. The van der Waals surface area contributed by atoms with Crippen LogP contribution in [0.3, 0.4) is 0 Å². The molecule has 1 atom stereocenters. The molecule has 234 valence electrons. The van der Waals surface area contributed by atoms with Crippen molar-refractivity contribution in [2.45, 2.75) is 29.4 Å². The van der Waals surface area contributed by atoms with Crippen LogP contribution in [0, 0.1) is 0 Å². The van der Waals surface area contributed by atoms with Crippen molar-refractivity contribution < 1.29 is 31.4 Å². The first-order chi connectivity index (χ1) is 21.7. The van der Waals surface area contributed by atoms with Gasteiger partial charge in [-0.3, -0.25) is 0 Å². The third kappa shape index (κ3) is 7.37. The topological polar surface area (TPSA) is 146 Å². The fourth-order valence-electron chi connectivity index (χ4n) is 4.63. The van der Waals surface area contributed by atoms with E-state index in [0.29, 0.717) is 28.4 Å². The Bertz CT molecular complexity index is 1830. The lowest BCUT2D eigenvalue weighted by molar-refractivity contribution is 0.396. The molecule has 0 aliphatic heterocycles. The summed E-state index contributed by atoms with van der Waals surface area (Å²) in [7, 11) is 0.216. The second-order valence-corrected chi connectivity index (χ2v) is 12.7. The second-order valence-electron chi connectivity index (χ2n) is 9.84. The first-order valence-corrected chi connectivity index (χ1v) is 16.2. The van der Waals surface area contributed by atoms with Crippen LogP contribution in [0.2, 0.25) is 0 Å². The molecule has 0 aliphatic carbocycles. The van der Waals surface area contributed by atoms with Crippen LogP contribution in [0.4, 0.5) is 0 Å². The predicted octanol–water partition coefficient (Wildman–Crippen LogP) is 4.39. The Morgan fingerprint density at radius 2 is 1.24 bits per heavy atom. The summed E-state index contributed by atoms with van der Waals surface area (Å²) < 4.78 is 69.0. The van der Waals surface area contributed by atoms with E-state index in [2.05, 4.69) is 15.4 Å². The van der Waals surface area contributed by atoms with Crippen molar-refractivity contribution in [1.29, 1.82) is 0 Å². The summed E-state index contributed by atoms with van der Waals surface area (Å²) in [5.74, 6) is 1.93. The minimum Gasteiger partial charge on any atom is -0.497 e. The zero-order valence-electron chi connectivity index (χ0n) is 24.7. The maximum atomic E-state index is 14.6. The van der Waals surface area contributed by atoms with Gasteiger partial charge in [-0.25, -0.2) is 12.6 Å². The van der Waals surface area contributed by atoms with Gasteiger partial charge in [-0.15, -0.1) is 10.2 Å². The number of benzene rings is 4. The molecule has 12 nitrogen and oxygen atoms in total. The number of aromatic nitrogens is 4. The van der Waals surface area contributed by atoms with Gasteiger partial charge in [-0.05, 0) is 70.4 Å². The van der Waals surface area contributed by atoms with Crippen LogP contribution in [0.15, 0.2) is 101 Å². The Morgan fingerprint density at radius 3 is 1.71 bits per heavy atom. The van der Waals surface area contributed by atoms with E-state index in [1.807, 2.05) is 12.1 Å². The number of tetrazole rings is 1. The maximum absolute atomic E-state index is 14.6. The van der Waals surface area contributed by atoms with Crippen molar-refractivity contribution in [2.75, 3.05) is 21.3 Å². The lowest BCUT2D eigenvalue weighted by Gasteiger charge is -2.24. The molecule has 0 aliphatic rings. The number of hydrogen-bond acceptors (Lipinski definition) is 9. The fourth-order valence-corrected chi connectivity index (χ4v) is 7.28. The first kappa shape index (κ1) is 31.8. The van der Waals surface area contributed by atoms with Gasteiger partial charge in [0.05, 0.1) is 32.8 Å². The molecule has 1 unspecified atom stereocenters. The van der Waals surface area contributed by atoms with Crippen molar-refractivity contribution in [1.82, 2.24) is 24.5 Å². The molecule has 0 fully saturated rings. The van der Waals surface area contributed by atoms with E-state index in [1.54, 1.807) is 82.0 Å². The van der Waals surface area contributed by atoms with Crippen LogP contribution in [-0.4, -0.2) is 63.0 Å². The number of rotatable bonds is 13. The Hall–Kier alpha value is -4.63. The van der Waals surface area contributed by atoms with Crippen LogP contribution in [-0.2, 0) is 40.7 Å². The number of ether oxygens (including phenoxy) is 3. The van der Waals surface area contributed by atoms with E-state index in [0.717, 1.165) is 5.56 Å². The Balaban J connectivity index is 1.57. The number of sulfonamides is 1. The van der Waals surface area contributed by atoms with Gasteiger partial charge in [0.15, 0.2) is 11.1 Å². The number of nitrogens with zero attached hydrogens (tertiary/aromatic N) is 5. The molecule has 0 saturated carbocycles. The summed E-state index contributed by atoms with van der Waals surface area (Å²) in [6, 6.07) is 25.6. The van der Waals surface area contributed by atoms with E-state index < -0.39 is 21.1 Å². The highest BCUT2D eigenvalue weighted by molar-refractivity contribution is 7.90. The summed E-state index contributed by atoms with van der Waals surface area (Å²) in [5.41, 5.74) is 2.27. The lowest BCUT2D eigenvalue weighted by atomic mass is 10.2. The molecule has 5 rings (SSSR count). The summed E-state index contributed by atoms with van der Waals surface area (Å²) in [4.78, 5) is 0.646. The summed E-state index contributed by atoms with van der Waals surface area (Å²) >= 11 is -2.65. The van der Waals surface area contributed by atoms with E-state index in [4.69, 9.17) is 14.2 Å². The van der Waals surface area contributed by atoms with Crippen LogP contribution < -0.4 is 14.2 Å². The van der Waals surface area contributed by atoms with Crippen molar-refractivity contribution in [3.63, 3.8) is 0 Å². The highest BCUT2D eigenvalue weighted by Gasteiger charge is 2.33. The summed E-state index contributed by atoms with van der Waals surface area (Å²) in [6.45, 7) is 0.176. The normalized spacial score (nSPS) is 12.2. The van der Waals surface area contributed by atoms with Gasteiger partial charge >= 0.3 is 0 Å². The molecular formula is C31H31N5O7S2. The largest absolute Gasteiger partial charge is 0.497 e. The molecule has 4 aromatic carbocycles. The second kappa shape index (κ2) is 14.0. The molecule has 0 amide bonds. The minimum atomic E-state index is -4.45. The molecule has 1 N–H and O–H groups in total. The van der Waals surface area contributed by atoms with Gasteiger partial charge < -0.3 is 18.8 Å². The SMILES string of the molecule is COc1ccc(CN(Cc2ccc(OC)cc2)S(=O)(=O)c2c(-c3nnn(Cc4ccc(OC)cc4)n3)cccc2S(=O)O)cc1. The van der Waals surface area contributed by atoms with E-state index in [1.165, 1.54) is 27.3 Å². The van der Waals surface area contributed by atoms with Crippen LogP contribution in [0.25, 0.3) is 11.4 Å². The number of hydrogen-bond donors (Lipinski definition) is 1. The Labute approximate surface area is 263 Å². The Morgan fingerprint density at radius 1 is 0.756 bits per heavy atom. The van der Waals surface area contributed by atoms with E-state index in [9.17, 15) is 17.2 Å². The summed E-state index contributed by atoms with van der Waals surface area (Å²) in [6.07, 6.45) is 0. The van der Waals surface area contributed by atoms with Crippen LogP contribution >= 0.6 is 0 Å². The quantitative estimate of drug-likeness (QED) is 0.182. The molecule has 14 heteroatoms. The summed E-state index contributed by atoms with van der Waals surface area (Å²) in [5, 5.41) is 12.7. The monoisotopic (exact) mass is 649 g/mol. The minimum absolute atomic E-state index is 0.0109. The maximum Gasteiger partial charge on any atom is 0.245 e. The van der Waals surface area contributed by atoms with Gasteiger partial charge in [0.1, 0.15) is 22.1 Å². The van der Waals surface area contributed by atoms with Crippen LogP contribution in [0.1, 0.15) is 16.7 Å².